The van der Waals surface area contributed by atoms with E-state index in [-0.39, 0.29) is 11.3 Å². The molecule has 23 heavy (non-hydrogen) atoms. The topological polar surface area (TPSA) is 72.7 Å². The molecule has 2 fully saturated rings. The van der Waals surface area contributed by atoms with Crippen LogP contribution in [0, 0.1) is 5.41 Å². The van der Waals surface area contributed by atoms with Crippen molar-refractivity contribution in [1.82, 2.24) is 25.5 Å². The van der Waals surface area contributed by atoms with Crippen LogP contribution in [-0.4, -0.2) is 32.2 Å². The summed E-state index contributed by atoms with van der Waals surface area (Å²) in [5.41, 5.74) is 0.0302. The van der Waals surface area contributed by atoms with Crippen LogP contribution in [0.25, 0.3) is 0 Å². The van der Waals surface area contributed by atoms with Crippen molar-refractivity contribution < 1.29 is 4.79 Å². The Bertz CT molecular complexity index is 473. The van der Waals surface area contributed by atoms with E-state index >= 15 is 0 Å². The van der Waals surface area contributed by atoms with Crippen molar-refractivity contribution in [2.75, 3.05) is 0 Å². The Hall–Kier alpha value is -1.46. The van der Waals surface area contributed by atoms with Crippen LogP contribution in [0.3, 0.4) is 0 Å². The predicted molar refractivity (Wildman–Crippen MR) is 87.6 cm³/mol. The Kier molecular flexibility index (Phi) is 5.62. The third-order valence-electron chi connectivity index (χ3n) is 5.56. The molecule has 0 radical (unpaired) electrons. The Balaban J connectivity index is 1.59. The maximum absolute atomic E-state index is 12.7. The number of carbonyl (C=O) groups excluding carboxylic acids is 1. The molecule has 1 aromatic heterocycles. The second-order valence-electron chi connectivity index (χ2n) is 7.50. The number of amides is 1. The number of aromatic nitrogens is 4. The molecule has 0 aromatic carbocycles. The second kappa shape index (κ2) is 7.88. The van der Waals surface area contributed by atoms with E-state index in [0.29, 0.717) is 12.5 Å². The lowest BCUT2D eigenvalue weighted by Gasteiger charge is -2.36. The molecule has 0 saturated heterocycles. The molecule has 1 heterocycles. The highest BCUT2D eigenvalue weighted by Gasteiger charge is 2.35. The molecule has 0 bridgehead atoms. The highest BCUT2D eigenvalue weighted by Crippen LogP contribution is 2.40. The zero-order valence-electron chi connectivity index (χ0n) is 14.0. The number of rotatable bonds is 5. The summed E-state index contributed by atoms with van der Waals surface area (Å²) >= 11 is 0. The summed E-state index contributed by atoms with van der Waals surface area (Å²) in [4.78, 5) is 12.7. The molecule has 0 spiro atoms. The minimum absolute atomic E-state index is 0.0302. The molecule has 0 atom stereocenters. The summed E-state index contributed by atoms with van der Waals surface area (Å²) < 4.78 is 1.80. The van der Waals surface area contributed by atoms with Crippen molar-refractivity contribution >= 4 is 5.91 Å². The quantitative estimate of drug-likeness (QED) is 0.847. The molecule has 6 nitrogen and oxygen atoms in total. The summed E-state index contributed by atoms with van der Waals surface area (Å²) in [5, 5.41) is 14.8. The van der Waals surface area contributed by atoms with Gasteiger partial charge in [0, 0.05) is 12.5 Å². The van der Waals surface area contributed by atoms with Crippen LogP contribution in [0.5, 0.6) is 0 Å². The maximum Gasteiger partial charge on any atom is 0.220 e. The van der Waals surface area contributed by atoms with E-state index in [1.807, 2.05) is 0 Å². The number of hydrogen-bond donors (Lipinski definition) is 1. The van der Waals surface area contributed by atoms with E-state index in [1.165, 1.54) is 44.9 Å². The minimum atomic E-state index is 0.0302. The van der Waals surface area contributed by atoms with Crippen LogP contribution in [0.2, 0.25) is 0 Å². The molecule has 0 unspecified atom stereocenters. The van der Waals surface area contributed by atoms with Gasteiger partial charge in [-0.1, -0.05) is 44.9 Å². The van der Waals surface area contributed by atoms with Gasteiger partial charge in [-0.25, -0.2) is 4.68 Å². The first-order chi connectivity index (χ1) is 11.3. The second-order valence-corrected chi connectivity index (χ2v) is 7.50. The van der Waals surface area contributed by atoms with Crippen LogP contribution in [0.4, 0.5) is 0 Å². The van der Waals surface area contributed by atoms with Crippen LogP contribution in [-0.2, 0) is 11.3 Å². The molecule has 128 valence electrons. The molecule has 1 N–H and O–H groups in total. The zero-order chi connectivity index (χ0) is 16.0. The van der Waals surface area contributed by atoms with E-state index in [2.05, 4.69) is 20.8 Å². The summed E-state index contributed by atoms with van der Waals surface area (Å²) in [7, 11) is 0. The van der Waals surface area contributed by atoms with Crippen molar-refractivity contribution in [2.45, 2.75) is 89.6 Å². The lowest BCUT2D eigenvalue weighted by atomic mass is 9.71. The smallest absolute Gasteiger partial charge is 0.220 e. The standard InChI is InChI=1S/C17H29N5O/c23-16(19-15-8-4-1-2-5-9-15)12-17(10-6-3-7-11-17)13-22-14-18-20-21-22/h14-15H,1-13H2,(H,19,23). The first-order valence-electron chi connectivity index (χ1n) is 9.26. The van der Waals surface area contributed by atoms with Gasteiger partial charge < -0.3 is 5.32 Å². The normalized spacial score (nSPS) is 22.4. The van der Waals surface area contributed by atoms with E-state index in [1.54, 1.807) is 11.0 Å². The van der Waals surface area contributed by atoms with Crippen molar-refractivity contribution in [3.8, 4) is 0 Å². The fourth-order valence-electron chi connectivity index (χ4n) is 4.33. The number of hydrogen-bond acceptors (Lipinski definition) is 4. The fourth-order valence-corrected chi connectivity index (χ4v) is 4.33. The van der Waals surface area contributed by atoms with Gasteiger partial charge in [-0.3, -0.25) is 4.79 Å². The maximum atomic E-state index is 12.7. The average Bonchev–Trinajstić information content (AvgIpc) is 2.90. The van der Waals surface area contributed by atoms with Gasteiger partial charge in [-0.15, -0.1) is 5.10 Å². The molecular weight excluding hydrogens is 290 g/mol. The van der Waals surface area contributed by atoms with Crippen LogP contribution in [0.15, 0.2) is 6.33 Å². The van der Waals surface area contributed by atoms with Gasteiger partial charge in [0.2, 0.25) is 5.91 Å². The van der Waals surface area contributed by atoms with Crippen LogP contribution < -0.4 is 5.32 Å². The Morgan fingerprint density at radius 3 is 2.43 bits per heavy atom. The third-order valence-corrected chi connectivity index (χ3v) is 5.56. The number of nitrogens with zero attached hydrogens (tertiary/aromatic N) is 4. The number of tetrazole rings is 1. The van der Waals surface area contributed by atoms with Crippen LogP contribution >= 0.6 is 0 Å². The molecule has 2 saturated carbocycles. The highest BCUT2D eigenvalue weighted by molar-refractivity contribution is 5.77. The monoisotopic (exact) mass is 319 g/mol. The molecule has 1 amide bonds. The molecule has 1 aromatic rings. The van der Waals surface area contributed by atoms with Crippen molar-refractivity contribution in [1.29, 1.82) is 0 Å². The zero-order valence-corrected chi connectivity index (χ0v) is 14.0. The van der Waals surface area contributed by atoms with E-state index in [9.17, 15) is 4.79 Å². The molecule has 6 heteroatoms. The SMILES string of the molecule is O=C(CC1(Cn2cnnn2)CCCCC1)NC1CCCCCC1. The van der Waals surface area contributed by atoms with Gasteiger partial charge in [0.05, 0.1) is 6.54 Å². The molecule has 2 aliphatic rings. The lowest BCUT2D eigenvalue weighted by molar-refractivity contribution is -0.125. The Morgan fingerprint density at radius 1 is 1.09 bits per heavy atom. The highest BCUT2D eigenvalue weighted by atomic mass is 16.1. The summed E-state index contributed by atoms with van der Waals surface area (Å²) in [6.45, 7) is 0.762. The fraction of sp³-hybridized carbons (Fsp3) is 0.882. The molecule has 0 aliphatic heterocycles. The average molecular weight is 319 g/mol. The Labute approximate surface area is 138 Å². The van der Waals surface area contributed by atoms with E-state index in [4.69, 9.17) is 0 Å². The first kappa shape index (κ1) is 16.4. The van der Waals surface area contributed by atoms with Gasteiger partial charge in [0.15, 0.2) is 0 Å². The van der Waals surface area contributed by atoms with Crippen molar-refractivity contribution in [3.05, 3.63) is 6.33 Å². The minimum Gasteiger partial charge on any atom is -0.353 e. The van der Waals surface area contributed by atoms with Gasteiger partial charge in [0.25, 0.3) is 0 Å². The lowest BCUT2D eigenvalue weighted by Crippen LogP contribution is -2.40. The van der Waals surface area contributed by atoms with Crippen molar-refractivity contribution in [3.63, 3.8) is 0 Å². The van der Waals surface area contributed by atoms with Gasteiger partial charge in [-0.05, 0) is 41.5 Å². The van der Waals surface area contributed by atoms with Gasteiger partial charge in [0.1, 0.15) is 6.33 Å². The number of nitrogens with one attached hydrogen (secondary N) is 1. The van der Waals surface area contributed by atoms with E-state index < -0.39 is 0 Å². The van der Waals surface area contributed by atoms with Crippen LogP contribution in [0.1, 0.15) is 77.0 Å². The first-order valence-corrected chi connectivity index (χ1v) is 9.26. The predicted octanol–water partition coefficient (Wildman–Crippen LogP) is 2.85. The van der Waals surface area contributed by atoms with E-state index in [0.717, 1.165) is 32.2 Å². The molecule has 2 aliphatic carbocycles. The number of carbonyl (C=O) groups is 1. The third kappa shape index (κ3) is 4.75. The van der Waals surface area contributed by atoms with Crippen molar-refractivity contribution in [2.24, 2.45) is 5.41 Å². The molecule has 3 rings (SSSR count). The van der Waals surface area contributed by atoms with Gasteiger partial charge in [-0.2, -0.15) is 0 Å². The summed E-state index contributed by atoms with van der Waals surface area (Å²) in [6, 6.07) is 0.388. The largest absolute Gasteiger partial charge is 0.353 e. The molecular formula is C17H29N5O. The Morgan fingerprint density at radius 2 is 1.78 bits per heavy atom. The summed E-state index contributed by atoms with van der Waals surface area (Å²) in [6.07, 6.45) is 15.6. The van der Waals surface area contributed by atoms with Gasteiger partial charge >= 0.3 is 0 Å². The summed E-state index contributed by atoms with van der Waals surface area (Å²) in [5.74, 6) is 0.229.